The first-order valence-electron chi connectivity index (χ1n) is 10.7. The number of aryl methyl sites for hydroxylation is 1. The second-order valence-corrected chi connectivity index (χ2v) is 11.9. The number of aromatic nitrogens is 4. The fourth-order valence-corrected chi connectivity index (χ4v) is 4.88. The van der Waals surface area contributed by atoms with Crippen molar-refractivity contribution in [1.29, 1.82) is 0 Å². The van der Waals surface area contributed by atoms with Gasteiger partial charge in [-0.1, -0.05) is 26.8 Å². The first-order valence-corrected chi connectivity index (χ1v) is 12.9. The Balaban J connectivity index is 1.80. The summed E-state index contributed by atoms with van der Waals surface area (Å²) in [6.45, 7) is 8.06. The van der Waals surface area contributed by atoms with Crippen LogP contribution in [0.5, 0.6) is 5.75 Å². The Labute approximate surface area is 207 Å². The van der Waals surface area contributed by atoms with E-state index in [4.69, 9.17) is 4.42 Å². The number of nitrogens with zero attached hydrogens (tertiary/aromatic N) is 5. The van der Waals surface area contributed by atoms with E-state index < -0.39 is 15.8 Å². The lowest BCUT2D eigenvalue weighted by Crippen LogP contribution is -2.26. The molecule has 35 heavy (non-hydrogen) atoms. The predicted octanol–water partition coefficient (Wildman–Crippen LogP) is 4.28. The number of benzene rings is 1. The number of nitrogens with one attached hydrogen (secondary N) is 2. The molecule has 1 aromatic carbocycles. The van der Waals surface area contributed by atoms with Crippen LogP contribution >= 0.6 is 11.7 Å². The van der Waals surface area contributed by atoms with E-state index in [9.17, 15) is 13.5 Å². The first-order chi connectivity index (χ1) is 16.4. The molecule has 4 aromatic rings. The summed E-state index contributed by atoms with van der Waals surface area (Å²) >= 11 is 0.980. The fourth-order valence-electron chi connectivity index (χ4n) is 3.44. The number of aromatic hydroxyl groups is 1. The van der Waals surface area contributed by atoms with Crippen molar-refractivity contribution in [3.05, 3.63) is 41.9 Å². The molecule has 0 aliphatic rings. The summed E-state index contributed by atoms with van der Waals surface area (Å²) in [6.07, 6.45) is 0. The zero-order valence-electron chi connectivity index (χ0n) is 20.2. The third-order valence-electron chi connectivity index (χ3n) is 5.32. The van der Waals surface area contributed by atoms with Crippen LogP contribution in [0.2, 0.25) is 0 Å². The number of hydrogen-bond donors (Lipinski definition) is 3. The molecular weight excluding hydrogens is 490 g/mol. The van der Waals surface area contributed by atoms with Gasteiger partial charge in [-0.15, -0.1) is 0 Å². The Kier molecular flexibility index (Phi) is 6.42. The third-order valence-corrected chi connectivity index (χ3v) is 7.67. The average molecular weight is 518 g/mol. The number of furan rings is 1. The largest absolute Gasteiger partial charge is 0.504 e. The van der Waals surface area contributed by atoms with Gasteiger partial charge in [-0.2, -0.15) is 8.75 Å². The molecule has 0 aliphatic carbocycles. The number of phenols is 1. The highest BCUT2D eigenvalue weighted by atomic mass is 32.2. The number of rotatable bonds is 7. The summed E-state index contributed by atoms with van der Waals surface area (Å²) in [4.78, 5) is 8.90. The highest BCUT2D eigenvalue weighted by Gasteiger charge is 2.31. The molecule has 0 aliphatic heterocycles. The molecule has 13 heteroatoms. The Morgan fingerprint density at radius 3 is 2.29 bits per heavy atom. The van der Waals surface area contributed by atoms with E-state index in [-0.39, 0.29) is 27.9 Å². The minimum absolute atomic E-state index is 0.147. The molecule has 3 heterocycles. The van der Waals surface area contributed by atoms with Gasteiger partial charge in [0.05, 0.1) is 23.5 Å². The van der Waals surface area contributed by atoms with E-state index in [2.05, 4.69) is 50.1 Å². The molecule has 0 bridgehead atoms. The van der Waals surface area contributed by atoms with Gasteiger partial charge in [0.25, 0.3) is 0 Å². The van der Waals surface area contributed by atoms with Crippen LogP contribution in [0.4, 0.5) is 17.3 Å². The summed E-state index contributed by atoms with van der Waals surface area (Å²) in [6, 6.07) is 7.93. The van der Waals surface area contributed by atoms with Gasteiger partial charge in [0.2, 0.25) is 21.3 Å². The van der Waals surface area contributed by atoms with Crippen LogP contribution in [0.1, 0.15) is 38.3 Å². The number of phenolic OH excluding ortho intramolecular Hbond substituents is 1. The molecule has 3 N–H and O–H groups in total. The van der Waals surface area contributed by atoms with E-state index in [0.29, 0.717) is 17.1 Å². The first kappa shape index (κ1) is 24.8. The minimum Gasteiger partial charge on any atom is -0.504 e. The van der Waals surface area contributed by atoms with Crippen molar-refractivity contribution in [2.24, 2.45) is 5.41 Å². The van der Waals surface area contributed by atoms with Crippen LogP contribution in [0.3, 0.4) is 0 Å². The van der Waals surface area contributed by atoms with E-state index in [1.54, 1.807) is 6.07 Å². The maximum atomic E-state index is 12.6. The summed E-state index contributed by atoms with van der Waals surface area (Å²) in [5.41, 5.74) is 0.551. The number of fused-ring (bicyclic) bond motifs is 1. The van der Waals surface area contributed by atoms with E-state index in [0.717, 1.165) is 27.6 Å². The molecule has 1 atom stereocenters. The van der Waals surface area contributed by atoms with Crippen molar-refractivity contribution in [2.75, 3.05) is 24.7 Å². The molecular formula is C22H27N7O4S2. The molecule has 0 saturated carbocycles. The number of para-hydroxylation sites is 1. The highest BCUT2D eigenvalue weighted by molar-refractivity contribution is 7.89. The van der Waals surface area contributed by atoms with Gasteiger partial charge in [-0.05, 0) is 36.6 Å². The number of anilines is 3. The molecule has 0 amide bonds. The molecule has 0 saturated heterocycles. The van der Waals surface area contributed by atoms with Gasteiger partial charge >= 0.3 is 0 Å². The predicted molar refractivity (Wildman–Crippen MR) is 135 cm³/mol. The van der Waals surface area contributed by atoms with Gasteiger partial charge in [0.1, 0.15) is 16.4 Å². The summed E-state index contributed by atoms with van der Waals surface area (Å²) in [5.74, 6) is 1.67. The summed E-state index contributed by atoms with van der Waals surface area (Å²) < 4.78 is 40.6. The topological polar surface area (TPSA) is 146 Å². The second-order valence-electron chi connectivity index (χ2n) is 9.29. The fraction of sp³-hybridized carbons (Fsp3) is 0.364. The average Bonchev–Trinajstić information content (AvgIpc) is 3.40. The summed E-state index contributed by atoms with van der Waals surface area (Å²) in [7, 11) is -1.08. The molecule has 11 nitrogen and oxygen atoms in total. The molecule has 0 spiro atoms. The monoisotopic (exact) mass is 517 g/mol. The lowest BCUT2D eigenvalue weighted by atomic mass is 9.85. The zero-order valence-corrected chi connectivity index (χ0v) is 21.8. The van der Waals surface area contributed by atoms with E-state index in [1.807, 2.05) is 19.1 Å². The molecule has 0 unspecified atom stereocenters. The normalized spacial score (nSPS) is 13.3. The molecule has 4 rings (SSSR count). The van der Waals surface area contributed by atoms with Crippen LogP contribution in [0, 0.1) is 12.3 Å². The van der Waals surface area contributed by atoms with Crippen LogP contribution < -0.4 is 10.6 Å². The van der Waals surface area contributed by atoms with Crippen LogP contribution in [0.25, 0.3) is 11.3 Å². The van der Waals surface area contributed by atoms with Gasteiger partial charge in [0.15, 0.2) is 17.4 Å². The highest BCUT2D eigenvalue weighted by Crippen LogP contribution is 2.40. The number of hydrogen-bond acceptors (Lipinski definition) is 11. The van der Waals surface area contributed by atoms with Crippen molar-refractivity contribution >= 4 is 50.4 Å². The van der Waals surface area contributed by atoms with Crippen molar-refractivity contribution in [3.63, 3.8) is 0 Å². The molecule has 3 aromatic heterocycles. The maximum Gasteiger partial charge on any atom is 0.246 e. The zero-order chi connectivity index (χ0) is 25.5. The summed E-state index contributed by atoms with van der Waals surface area (Å²) in [5, 5.41) is 17.2. The van der Waals surface area contributed by atoms with Crippen molar-refractivity contribution in [1.82, 2.24) is 23.0 Å². The van der Waals surface area contributed by atoms with Crippen molar-refractivity contribution in [3.8, 4) is 5.75 Å². The van der Waals surface area contributed by atoms with Gasteiger partial charge in [0, 0.05) is 14.1 Å². The Morgan fingerprint density at radius 2 is 1.71 bits per heavy atom. The van der Waals surface area contributed by atoms with Crippen LogP contribution in [-0.2, 0) is 10.0 Å². The molecule has 0 fully saturated rings. The van der Waals surface area contributed by atoms with Crippen molar-refractivity contribution in [2.45, 2.75) is 38.6 Å². The lowest BCUT2D eigenvalue weighted by Gasteiger charge is -2.30. The van der Waals surface area contributed by atoms with E-state index in [1.165, 1.54) is 26.2 Å². The van der Waals surface area contributed by atoms with Gasteiger partial charge < -0.3 is 20.2 Å². The van der Waals surface area contributed by atoms with Crippen LogP contribution in [0.15, 0.2) is 39.6 Å². The van der Waals surface area contributed by atoms with Gasteiger partial charge in [-0.25, -0.2) is 22.7 Å². The van der Waals surface area contributed by atoms with Crippen LogP contribution in [-0.4, -0.2) is 50.6 Å². The Bertz CT molecular complexity index is 1470. The standard InChI is InChI=1S/C22H27N7O4S2/c1-12-10-11-14(33-12)17(22(2,3)4)24-19-18(25-20-21(26-19)28-34-27-20)23-13-8-7-9-15(16(13)30)35(31,32)29(5)6/h7-11,17,30H,1-6H3,(H,23,25,27)(H,24,26,28)/t17-/m0/s1. The second kappa shape index (κ2) is 9.06. The van der Waals surface area contributed by atoms with Crippen molar-refractivity contribution < 1.29 is 17.9 Å². The Hall–Kier alpha value is -3.29. The quantitative estimate of drug-likeness (QED) is 0.303. The Morgan fingerprint density at radius 1 is 1.06 bits per heavy atom. The molecule has 0 radical (unpaired) electrons. The number of sulfonamides is 1. The SMILES string of the molecule is Cc1ccc([C@H](Nc2nc3nsnc3nc2Nc2cccc(S(=O)(=O)N(C)C)c2O)C(C)(C)C)o1. The maximum absolute atomic E-state index is 12.6. The smallest absolute Gasteiger partial charge is 0.246 e. The van der Waals surface area contributed by atoms with E-state index >= 15 is 0 Å². The minimum atomic E-state index is -3.87. The lowest BCUT2D eigenvalue weighted by molar-refractivity contribution is 0.300. The molecule has 186 valence electrons. The van der Waals surface area contributed by atoms with Gasteiger partial charge in [-0.3, -0.25) is 0 Å². The third kappa shape index (κ3) is 4.92.